The maximum atomic E-state index is 12.2. The zero-order valence-corrected chi connectivity index (χ0v) is 14.3. The fourth-order valence-electron chi connectivity index (χ4n) is 2.47. The first-order valence-electron chi connectivity index (χ1n) is 7.18. The minimum absolute atomic E-state index is 0.0700. The van der Waals surface area contributed by atoms with Crippen LogP contribution in [0.2, 0.25) is 0 Å². The molecule has 0 aromatic heterocycles. The van der Waals surface area contributed by atoms with E-state index in [2.05, 4.69) is 15.9 Å². The second kappa shape index (κ2) is 6.36. The molecule has 1 saturated heterocycles. The van der Waals surface area contributed by atoms with Crippen molar-refractivity contribution in [1.82, 2.24) is 4.90 Å². The Kier molecular flexibility index (Phi) is 4.94. The van der Waals surface area contributed by atoms with E-state index in [4.69, 9.17) is 4.74 Å². The van der Waals surface area contributed by atoms with Crippen molar-refractivity contribution in [3.8, 4) is 0 Å². The third-order valence-electron chi connectivity index (χ3n) is 3.53. The highest BCUT2D eigenvalue weighted by Crippen LogP contribution is 2.29. The van der Waals surface area contributed by atoms with Crippen LogP contribution in [-0.2, 0) is 4.74 Å². The molecule has 1 N–H and O–H groups in total. The molecule has 0 saturated carbocycles. The first-order chi connectivity index (χ1) is 9.76. The number of hydrogen-bond acceptors (Lipinski definition) is 3. The second-order valence-corrected chi connectivity index (χ2v) is 7.36. The lowest BCUT2D eigenvalue weighted by Crippen LogP contribution is -2.46. The molecule has 0 radical (unpaired) electrons. The van der Waals surface area contributed by atoms with Crippen molar-refractivity contribution in [2.24, 2.45) is 0 Å². The average Bonchev–Trinajstić information content (AvgIpc) is 2.38. The van der Waals surface area contributed by atoms with Gasteiger partial charge in [-0.2, -0.15) is 0 Å². The Morgan fingerprint density at radius 1 is 1.33 bits per heavy atom. The van der Waals surface area contributed by atoms with Gasteiger partial charge in [-0.15, -0.1) is 0 Å². The number of benzene rings is 1. The van der Waals surface area contributed by atoms with Crippen LogP contribution in [0.1, 0.15) is 38.7 Å². The highest BCUT2D eigenvalue weighted by Gasteiger charge is 2.33. The minimum atomic E-state index is -0.500. The molecule has 116 valence electrons. The molecule has 0 spiro atoms. The number of hydrogen-bond donors (Lipinski definition) is 1. The van der Waals surface area contributed by atoms with Gasteiger partial charge in [-0.1, -0.05) is 28.1 Å². The van der Waals surface area contributed by atoms with Crippen molar-refractivity contribution in [2.75, 3.05) is 13.1 Å². The van der Waals surface area contributed by atoms with Gasteiger partial charge in [-0.3, -0.25) is 0 Å². The van der Waals surface area contributed by atoms with Gasteiger partial charge in [-0.25, -0.2) is 4.79 Å². The van der Waals surface area contributed by atoms with Gasteiger partial charge in [0.2, 0.25) is 0 Å². The topological polar surface area (TPSA) is 49.8 Å². The molecule has 1 aromatic carbocycles. The Morgan fingerprint density at radius 2 is 1.95 bits per heavy atom. The van der Waals surface area contributed by atoms with Crippen LogP contribution in [0.15, 0.2) is 28.7 Å². The van der Waals surface area contributed by atoms with Crippen molar-refractivity contribution < 1.29 is 14.6 Å². The summed E-state index contributed by atoms with van der Waals surface area (Å²) in [5.41, 5.74) is 0.541. The molecule has 0 unspecified atom stereocenters. The van der Waals surface area contributed by atoms with E-state index >= 15 is 0 Å². The van der Waals surface area contributed by atoms with Crippen LogP contribution in [0.5, 0.6) is 0 Å². The van der Waals surface area contributed by atoms with Gasteiger partial charge >= 0.3 is 6.09 Å². The van der Waals surface area contributed by atoms with Crippen molar-refractivity contribution in [3.63, 3.8) is 0 Å². The first-order valence-corrected chi connectivity index (χ1v) is 7.97. The molecular formula is C16H22BrNO3. The lowest BCUT2D eigenvalue weighted by Gasteiger charge is -2.37. The van der Waals surface area contributed by atoms with Gasteiger partial charge in [-0.05, 0) is 44.9 Å². The van der Waals surface area contributed by atoms with Crippen LogP contribution in [0.25, 0.3) is 0 Å². The largest absolute Gasteiger partial charge is 0.444 e. The summed E-state index contributed by atoms with van der Waals surface area (Å²) in [5.74, 6) is -0.0700. The number of aliphatic hydroxyl groups is 1. The number of likely N-dealkylation sites (tertiary alicyclic amines) is 1. The Labute approximate surface area is 134 Å². The van der Waals surface area contributed by atoms with Crippen molar-refractivity contribution in [2.45, 2.75) is 44.8 Å². The summed E-state index contributed by atoms with van der Waals surface area (Å²) >= 11 is 3.41. The number of aliphatic hydroxyl groups excluding tert-OH is 1. The second-order valence-electron chi connectivity index (χ2n) is 6.44. The summed E-state index contributed by atoms with van der Waals surface area (Å²) in [7, 11) is 0. The zero-order chi connectivity index (χ0) is 15.6. The van der Waals surface area contributed by atoms with E-state index in [-0.39, 0.29) is 12.0 Å². The first kappa shape index (κ1) is 16.3. The predicted octanol–water partition coefficient (Wildman–Crippen LogP) is 3.53. The third-order valence-corrected chi connectivity index (χ3v) is 4.05. The SMILES string of the molecule is CC(C)(C)OC(=O)N1CC[C@H](O)[C@@H](c2ccc(Br)cc2)C1. The van der Waals surface area contributed by atoms with Gasteiger partial charge in [0.15, 0.2) is 0 Å². The molecule has 2 atom stereocenters. The molecule has 0 bridgehead atoms. The molecule has 1 aromatic rings. The van der Waals surface area contributed by atoms with Crippen LogP contribution in [0.3, 0.4) is 0 Å². The Bertz CT molecular complexity index is 495. The highest BCUT2D eigenvalue weighted by atomic mass is 79.9. The number of halogens is 1. The van der Waals surface area contributed by atoms with Crippen molar-refractivity contribution >= 4 is 22.0 Å². The van der Waals surface area contributed by atoms with E-state index in [0.717, 1.165) is 10.0 Å². The van der Waals surface area contributed by atoms with Gasteiger partial charge in [0.1, 0.15) is 5.60 Å². The minimum Gasteiger partial charge on any atom is -0.444 e. The van der Waals surface area contributed by atoms with Crippen LogP contribution in [-0.4, -0.2) is 40.9 Å². The standard InChI is InChI=1S/C16H22BrNO3/c1-16(2,3)21-15(20)18-9-8-14(19)13(10-18)11-4-6-12(17)7-5-11/h4-7,13-14,19H,8-10H2,1-3H3/t13-,14+/m1/s1. The monoisotopic (exact) mass is 355 g/mol. The zero-order valence-electron chi connectivity index (χ0n) is 12.7. The number of amides is 1. The van der Waals surface area contributed by atoms with E-state index in [0.29, 0.717) is 19.5 Å². The number of carbonyl (C=O) groups is 1. The summed E-state index contributed by atoms with van der Waals surface area (Å²) in [5, 5.41) is 10.2. The summed E-state index contributed by atoms with van der Waals surface area (Å²) in [6.07, 6.45) is -0.165. The molecule has 4 nitrogen and oxygen atoms in total. The Hall–Kier alpha value is -1.07. The summed E-state index contributed by atoms with van der Waals surface area (Å²) in [6.45, 7) is 6.59. The molecule has 1 fully saturated rings. The van der Waals surface area contributed by atoms with E-state index in [1.807, 2.05) is 45.0 Å². The van der Waals surface area contributed by atoms with E-state index in [1.54, 1.807) is 4.90 Å². The van der Waals surface area contributed by atoms with Gasteiger partial charge in [0.05, 0.1) is 6.10 Å². The van der Waals surface area contributed by atoms with Crippen LogP contribution in [0, 0.1) is 0 Å². The lowest BCUT2D eigenvalue weighted by atomic mass is 9.88. The summed E-state index contributed by atoms with van der Waals surface area (Å²) < 4.78 is 6.41. The molecule has 1 aliphatic rings. The number of piperidine rings is 1. The number of carbonyl (C=O) groups excluding carboxylic acids is 1. The highest BCUT2D eigenvalue weighted by molar-refractivity contribution is 9.10. The van der Waals surface area contributed by atoms with Crippen molar-refractivity contribution in [1.29, 1.82) is 0 Å². The molecular weight excluding hydrogens is 334 g/mol. The van der Waals surface area contributed by atoms with E-state index < -0.39 is 11.7 Å². The fraction of sp³-hybridized carbons (Fsp3) is 0.562. The normalized spacial score (nSPS) is 23.0. The maximum Gasteiger partial charge on any atom is 0.410 e. The number of nitrogens with zero attached hydrogens (tertiary/aromatic N) is 1. The Morgan fingerprint density at radius 3 is 2.52 bits per heavy atom. The van der Waals surface area contributed by atoms with E-state index in [9.17, 15) is 9.90 Å². The molecule has 2 rings (SSSR count). The van der Waals surface area contributed by atoms with Crippen molar-refractivity contribution in [3.05, 3.63) is 34.3 Å². The van der Waals surface area contributed by atoms with Gasteiger partial charge in [0, 0.05) is 23.5 Å². The van der Waals surface area contributed by atoms with E-state index in [1.165, 1.54) is 0 Å². The number of rotatable bonds is 1. The lowest BCUT2D eigenvalue weighted by molar-refractivity contribution is 0.00407. The van der Waals surface area contributed by atoms with Gasteiger partial charge in [0.25, 0.3) is 0 Å². The summed E-state index contributed by atoms with van der Waals surface area (Å²) in [4.78, 5) is 13.9. The fourth-order valence-corrected chi connectivity index (χ4v) is 2.73. The average molecular weight is 356 g/mol. The summed E-state index contributed by atoms with van der Waals surface area (Å²) in [6, 6.07) is 7.87. The molecule has 1 heterocycles. The maximum absolute atomic E-state index is 12.2. The van der Waals surface area contributed by atoms with Crippen LogP contribution >= 0.6 is 15.9 Å². The predicted molar refractivity (Wildman–Crippen MR) is 85.3 cm³/mol. The Balaban J connectivity index is 2.09. The number of ether oxygens (including phenoxy) is 1. The quantitative estimate of drug-likeness (QED) is 0.838. The molecule has 21 heavy (non-hydrogen) atoms. The molecule has 5 heteroatoms. The smallest absolute Gasteiger partial charge is 0.410 e. The molecule has 1 amide bonds. The molecule has 1 aliphatic heterocycles. The third kappa shape index (κ3) is 4.45. The van der Waals surface area contributed by atoms with Crippen LogP contribution < -0.4 is 0 Å². The van der Waals surface area contributed by atoms with Gasteiger partial charge < -0.3 is 14.7 Å². The van der Waals surface area contributed by atoms with Crippen LogP contribution in [0.4, 0.5) is 4.79 Å². The molecule has 0 aliphatic carbocycles.